The summed E-state index contributed by atoms with van der Waals surface area (Å²) in [6, 6.07) is 0. The van der Waals surface area contributed by atoms with Crippen LogP contribution in [0.4, 0.5) is 0 Å². The van der Waals surface area contributed by atoms with E-state index >= 15 is 0 Å². The van der Waals surface area contributed by atoms with E-state index in [4.69, 9.17) is 11.6 Å². The molecule has 1 nitrogen and oxygen atoms in total. The van der Waals surface area contributed by atoms with E-state index in [2.05, 4.69) is 11.9 Å². The van der Waals surface area contributed by atoms with Crippen LogP contribution in [0.15, 0.2) is 11.1 Å². The van der Waals surface area contributed by atoms with E-state index < -0.39 is 0 Å². The molecule has 1 aliphatic rings. The predicted molar refractivity (Wildman–Crippen MR) is 25.2 cm³/mol. The third-order valence-electron chi connectivity index (χ3n) is 0.591. The van der Waals surface area contributed by atoms with Gasteiger partial charge in [-0.05, 0) is 0 Å². The Bertz CT molecular complexity index is 77.6. The molecule has 0 atom stereocenters. The topological polar surface area (TPSA) is 12.0 Å². The van der Waals surface area contributed by atoms with Gasteiger partial charge in [0.05, 0.1) is 0 Å². The van der Waals surface area contributed by atoms with Crippen molar-refractivity contribution >= 4 is 11.6 Å². The average Bonchev–Trinajstić information content (AvgIpc) is 1.86. The van der Waals surface area contributed by atoms with Crippen molar-refractivity contribution in [2.45, 2.75) is 0 Å². The van der Waals surface area contributed by atoms with Crippen molar-refractivity contribution in [2.24, 2.45) is 0 Å². The lowest BCUT2D eigenvalue weighted by molar-refractivity contribution is 0.975. The summed E-state index contributed by atoms with van der Waals surface area (Å²) in [7, 11) is 0. The van der Waals surface area contributed by atoms with Crippen LogP contribution in [0.1, 0.15) is 0 Å². The van der Waals surface area contributed by atoms with Crippen LogP contribution in [0.3, 0.4) is 0 Å². The summed E-state index contributed by atoms with van der Waals surface area (Å²) in [5, 5.41) is 3.49. The maximum atomic E-state index is 5.40. The van der Waals surface area contributed by atoms with Crippen molar-refractivity contribution in [3.8, 4) is 0 Å². The van der Waals surface area contributed by atoms with Crippen molar-refractivity contribution < 1.29 is 0 Å². The minimum Gasteiger partial charge on any atom is -0.299 e. The van der Waals surface area contributed by atoms with E-state index in [-0.39, 0.29) is 0 Å². The van der Waals surface area contributed by atoms with Gasteiger partial charge in [-0.25, -0.2) is 0 Å². The molecule has 1 heterocycles. The zero-order valence-electron chi connectivity index (χ0n) is 3.16. The van der Waals surface area contributed by atoms with Crippen LogP contribution in [0, 0.1) is 6.54 Å². The third kappa shape index (κ3) is 0.730. The van der Waals surface area contributed by atoms with Gasteiger partial charge in [0.15, 0.2) is 0 Å². The van der Waals surface area contributed by atoms with Gasteiger partial charge in [-0.1, -0.05) is 17.7 Å². The van der Waals surface area contributed by atoms with Gasteiger partial charge in [0, 0.05) is 11.6 Å². The second-order valence-corrected chi connectivity index (χ2v) is 1.47. The van der Waals surface area contributed by atoms with E-state index in [1.54, 1.807) is 0 Å². The molecule has 1 aliphatic heterocycles. The summed E-state index contributed by atoms with van der Waals surface area (Å²) in [6.45, 7) is 3.53. The molecule has 1 rings (SSSR count). The number of hydrogen-bond donors (Lipinski definition) is 1. The highest BCUT2D eigenvalue weighted by molar-refractivity contribution is 6.30. The Labute approximate surface area is 42.0 Å². The summed E-state index contributed by atoms with van der Waals surface area (Å²) in [5.41, 5.74) is 0. The minimum absolute atomic E-state index is 0.690. The predicted octanol–water partition coefficient (Wildman–Crippen LogP) is 0.751. The fourth-order valence-corrected chi connectivity index (χ4v) is 0.471. The highest BCUT2D eigenvalue weighted by Crippen LogP contribution is 2.05. The molecule has 0 unspecified atom stereocenters. The Morgan fingerprint density at radius 1 is 2.00 bits per heavy atom. The summed E-state index contributed by atoms with van der Waals surface area (Å²) in [5.74, 6) is 0. The SMILES string of the molecule is ClC1=CCN[C]1. The summed E-state index contributed by atoms with van der Waals surface area (Å²) in [6.07, 6.45) is 1.86. The summed E-state index contributed by atoms with van der Waals surface area (Å²) in [4.78, 5) is 0. The minimum atomic E-state index is 0.690. The molecule has 0 amide bonds. The number of rotatable bonds is 0. The van der Waals surface area contributed by atoms with E-state index in [0.717, 1.165) is 6.54 Å². The monoisotopic (exact) mass is 101 g/mol. The quantitative estimate of drug-likeness (QED) is 0.475. The molecule has 0 spiro atoms. The van der Waals surface area contributed by atoms with Crippen molar-refractivity contribution in [2.75, 3.05) is 6.54 Å². The second-order valence-electron chi connectivity index (χ2n) is 1.06. The van der Waals surface area contributed by atoms with Crippen molar-refractivity contribution in [1.82, 2.24) is 5.32 Å². The van der Waals surface area contributed by atoms with Crippen molar-refractivity contribution in [1.29, 1.82) is 0 Å². The number of halogens is 1. The molecule has 0 saturated carbocycles. The highest BCUT2D eigenvalue weighted by Gasteiger charge is 1.97. The molecule has 32 valence electrons. The molecule has 2 heteroatoms. The molecule has 0 aromatic heterocycles. The molecule has 6 heavy (non-hydrogen) atoms. The van der Waals surface area contributed by atoms with Crippen molar-refractivity contribution in [3.05, 3.63) is 17.7 Å². The fourth-order valence-electron chi connectivity index (χ4n) is 0.327. The van der Waals surface area contributed by atoms with Gasteiger partial charge in [0.2, 0.25) is 0 Å². The van der Waals surface area contributed by atoms with Crippen molar-refractivity contribution in [3.63, 3.8) is 0 Å². The Morgan fingerprint density at radius 3 is 3.00 bits per heavy atom. The maximum Gasteiger partial charge on any atom is 0.106 e. The Kier molecular flexibility index (Phi) is 1.13. The van der Waals surface area contributed by atoms with Gasteiger partial charge in [0.1, 0.15) is 6.54 Å². The first-order valence-corrected chi connectivity index (χ1v) is 2.12. The van der Waals surface area contributed by atoms with Crippen LogP contribution in [-0.2, 0) is 0 Å². The maximum absolute atomic E-state index is 5.40. The lowest BCUT2D eigenvalue weighted by Gasteiger charge is -1.78. The first kappa shape index (κ1) is 4.16. The van der Waals surface area contributed by atoms with Crippen LogP contribution in [0.25, 0.3) is 0 Å². The van der Waals surface area contributed by atoms with Crippen LogP contribution < -0.4 is 5.32 Å². The van der Waals surface area contributed by atoms with E-state index in [1.807, 2.05) is 6.08 Å². The van der Waals surface area contributed by atoms with E-state index in [0.29, 0.717) is 5.03 Å². The lowest BCUT2D eigenvalue weighted by Crippen LogP contribution is -2.00. The second kappa shape index (κ2) is 1.63. The highest BCUT2D eigenvalue weighted by atomic mass is 35.5. The first-order chi connectivity index (χ1) is 2.89. The number of hydrogen-bond acceptors (Lipinski definition) is 1. The largest absolute Gasteiger partial charge is 0.299 e. The number of nitrogens with one attached hydrogen (secondary N) is 1. The van der Waals surface area contributed by atoms with Crippen LogP contribution in [0.5, 0.6) is 0 Å². The molecule has 0 aromatic carbocycles. The zero-order valence-corrected chi connectivity index (χ0v) is 3.92. The van der Waals surface area contributed by atoms with Gasteiger partial charge in [-0.3, -0.25) is 5.32 Å². The normalized spacial score (nSPS) is 21.2. The lowest BCUT2D eigenvalue weighted by atomic mass is 10.6. The third-order valence-corrected chi connectivity index (χ3v) is 0.840. The van der Waals surface area contributed by atoms with Crippen LogP contribution >= 0.6 is 11.6 Å². The molecule has 1 N–H and O–H groups in total. The van der Waals surface area contributed by atoms with Gasteiger partial charge >= 0.3 is 0 Å². The molecule has 0 saturated heterocycles. The van der Waals surface area contributed by atoms with E-state index in [9.17, 15) is 0 Å². The van der Waals surface area contributed by atoms with Gasteiger partial charge < -0.3 is 0 Å². The average molecular weight is 102 g/mol. The van der Waals surface area contributed by atoms with Crippen LogP contribution in [-0.4, -0.2) is 6.54 Å². The van der Waals surface area contributed by atoms with Gasteiger partial charge in [0.25, 0.3) is 0 Å². The summed E-state index contributed by atoms with van der Waals surface area (Å²) >= 11 is 5.40. The Morgan fingerprint density at radius 2 is 2.83 bits per heavy atom. The van der Waals surface area contributed by atoms with Crippen LogP contribution in [0.2, 0.25) is 0 Å². The fraction of sp³-hybridized carbons (Fsp3) is 0.250. The van der Waals surface area contributed by atoms with E-state index in [1.165, 1.54) is 0 Å². The molecular formula is C4H4ClN. The van der Waals surface area contributed by atoms with Gasteiger partial charge in [-0.2, -0.15) is 0 Å². The first-order valence-electron chi connectivity index (χ1n) is 1.74. The summed E-state index contributed by atoms with van der Waals surface area (Å²) < 4.78 is 0. The Hall–Kier alpha value is -0.0100. The Balaban J connectivity index is 2.45. The molecule has 0 fully saturated rings. The zero-order chi connectivity index (χ0) is 4.41. The molecule has 0 bridgehead atoms. The molecule has 0 aromatic rings. The molecule has 0 aliphatic carbocycles. The molecule has 2 radical (unpaired) electrons. The molecular weight excluding hydrogens is 97.5 g/mol. The smallest absolute Gasteiger partial charge is 0.106 e. The standard InChI is InChI=1S/C4H4ClN/c5-4-1-2-6-3-4/h1,6H,2H2. The van der Waals surface area contributed by atoms with Gasteiger partial charge in [-0.15, -0.1) is 0 Å².